The van der Waals surface area contributed by atoms with Crippen molar-refractivity contribution in [2.75, 3.05) is 27.2 Å². The van der Waals surface area contributed by atoms with Crippen molar-refractivity contribution in [1.29, 1.82) is 0 Å². The summed E-state index contributed by atoms with van der Waals surface area (Å²) in [6, 6.07) is 0.459. The van der Waals surface area contributed by atoms with Gasteiger partial charge in [-0.3, -0.25) is 4.79 Å². The van der Waals surface area contributed by atoms with Crippen molar-refractivity contribution in [3.05, 3.63) is 0 Å². The van der Waals surface area contributed by atoms with Gasteiger partial charge < -0.3 is 9.80 Å². The predicted octanol–water partition coefficient (Wildman–Crippen LogP) is 0.949. The quantitative estimate of drug-likeness (QED) is 0.652. The Labute approximate surface area is 80.7 Å². The molecule has 1 rings (SSSR count). The summed E-state index contributed by atoms with van der Waals surface area (Å²) in [7, 11) is 4.10. The van der Waals surface area contributed by atoms with Crippen LogP contribution in [-0.2, 0) is 4.79 Å². The predicted molar refractivity (Wildman–Crippen MR) is 53.6 cm³/mol. The highest BCUT2D eigenvalue weighted by atomic mass is 16.2. The minimum Gasteiger partial charge on any atom is -0.343 e. The van der Waals surface area contributed by atoms with E-state index in [2.05, 4.69) is 11.8 Å². The number of nitrogens with zero attached hydrogens (tertiary/aromatic N) is 2. The number of rotatable bonds is 3. The van der Waals surface area contributed by atoms with E-state index in [4.69, 9.17) is 0 Å². The molecule has 1 amide bonds. The monoisotopic (exact) mass is 184 g/mol. The summed E-state index contributed by atoms with van der Waals surface area (Å²) >= 11 is 0. The molecule has 1 fully saturated rings. The molecule has 1 unspecified atom stereocenters. The third kappa shape index (κ3) is 2.69. The number of likely N-dealkylation sites (tertiary alicyclic amines) is 1. The van der Waals surface area contributed by atoms with Gasteiger partial charge in [0.25, 0.3) is 0 Å². The Morgan fingerprint density at radius 3 is 2.69 bits per heavy atom. The number of hydrogen-bond acceptors (Lipinski definition) is 2. The van der Waals surface area contributed by atoms with Gasteiger partial charge in [0, 0.05) is 25.6 Å². The maximum Gasteiger partial charge on any atom is 0.224 e. The van der Waals surface area contributed by atoms with Crippen LogP contribution >= 0.6 is 0 Å². The maximum absolute atomic E-state index is 11.6. The zero-order valence-electron chi connectivity index (χ0n) is 8.92. The van der Waals surface area contributed by atoms with Gasteiger partial charge in [0.05, 0.1) is 0 Å². The molecule has 1 aliphatic rings. The molecule has 1 aliphatic heterocycles. The standard InChI is InChI=1S/C10H20N2O/c1-4-6-12-7-5-9(11(2)3)8-10(12)13/h9H,4-8H2,1-3H3. The topological polar surface area (TPSA) is 23.6 Å². The summed E-state index contributed by atoms with van der Waals surface area (Å²) in [5, 5.41) is 0. The molecule has 1 heterocycles. The molecule has 0 spiro atoms. The maximum atomic E-state index is 11.6. The number of carbonyl (C=O) groups excluding carboxylic acids is 1. The van der Waals surface area contributed by atoms with E-state index >= 15 is 0 Å². The van der Waals surface area contributed by atoms with Crippen LogP contribution in [-0.4, -0.2) is 48.9 Å². The van der Waals surface area contributed by atoms with E-state index in [1.807, 2.05) is 19.0 Å². The number of piperidine rings is 1. The van der Waals surface area contributed by atoms with E-state index in [1.54, 1.807) is 0 Å². The lowest BCUT2D eigenvalue weighted by Crippen LogP contribution is -2.45. The van der Waals surface area contributed by atoms with Crippen molar-refractivity contribution in [1.82, 2.24) is 9.80 Å². The second-order valence-electron chi connectivity index (χ2n) is 3.99. The van der Waals surface area contributed by atoms with Gasteiger partial charge in [0.15, 0.2) is 0 Å². The van der Waals surface area contributed by atoms with Crippen molar-refractivity contribution in [3.8, 4) is 0 Å². The van der Waals surface area contributed by atoms with Crippen LogP contribution in [0.1, 0.15) is 26.2 Å². The summed E-state index contributed by atoms with van der Waals surface area (Å²) < 4.78 is 0. The first-order valence-electron chi connectivity index (χ1n) is 5.09. The summed E-state index contributed by atoms with van der Waals surface area (Å²) in [6.07, 6.45) is 2.89. The molecular formula is C10H20N2O. The third-order valence-electron chi connectivity index (χ3n) is 2.72. The van der Waals surface area contributed by atoms with Crippen molar-refractivity contribution in [2.24, 2.45) is 0 Å². The molecule has 3 heteroatoms. The van der Waals surface area contributed by atoms with Crippen LogP contribution in [0.5, 0.6) is 0 Å². The van der Waals surface area contributed by atoms with E-state index in [0.29, 0.717) is 18.4 Å². The summed E-state index contributed by atoms with van der Waals surface area (Å²) in [5.41, 5.74) is 0. The second-order valence-corrected chi connectivity index (χ2v) is 3.99. The molecule has 0 saturated carbocycles. The van der Waals surface area contributed by atoms with Gasteiger partial charge in [-0.25, -0.2) is 0 Å². The molecule has 0 N–H and O–H groups in total. The van der Waals surface area contributed by atoms with Gasteiger partial charge in [-0.05, 0) is 26.9 Å². The smallest absolute Gasteiger partial charge is 0.224 e. The molecule has 0 bridgehead atoms. The molecular weight excluding hydrogens is 164 g/mol. The molecule has 0 aliphatic carbocycles. The highest BCUT2D eigenvalue weighted by Crippen LogP contribution is 2.15. The lowest BCUT2D eigenvalue weighted by Gasteiger charge is -2.34. The van der Waals surface area contributed by atoms with Gasteiger partial charge in [-0.15, -0.1) is 0 Å². The number of carbonyl (C=O) groups is 1. The molecule has 3 nitrogen and oxygen atoms in total. The van der Waals surface area contributed by atoms with Crippen molar-refractivity contribution < 1.29 is 4.79 Å². The third-order valence-corrected chi connectivity index (χ3v) is 2.72. The summed E-state index contributed by atoms with van der Waals surface area (Å²) in [6.45, 7) is 3.99. The summed E-state index contributed by atoms with van der Waals surface area (Å²) in [5.74, 6) is 0.326. The van der Waals surface area contributed by atoms with E-state index < -0.39 is 0 Å². The van der Waals surface area contributed by atoms with Gasteiger partial charge in [0.2, 0.25) is 5.91 Å². The molecule has 1 atom stereocenters. The average Bonchev–Trinajstić information content (AvgIpc) is 2.08. The van der Waals surface area contributed by atoms with Gasteiger partial charge in [-0.2, -0.15) is 0 Å². The van der Waals surface area contributed by atoms with Crippen LogP contribution in [0.2, 0.25) is 0 Å². The van der Waals surface area contributed by atoms with Crippen molar-refractivity contribution in [2.45, 2.75) is 32.2 Å². The van der Waals surface area contributed by atoms with Crippen LogP contribution in [0.4, 0.5) is 0 Å². The molecule has 13 heavy (non-hydrogen) atoms. The Balaban J connectivity index is 2.42. The fraction of sp³-hybridized carbons (Fsp3) is 0.900. The van der Waals surface area contributed by atoms with Gasteiger partial charge in [-0.1, -0.05) is 6.92 Å². The van der Waals surface area contributed by atoms with E-state index in [-0.39, 0.29) is 0 Å². The number of hydrogen-bond donors (Lipinski definition) is 0. The first-order chi connectivity index (χ1) is 6.15. The van der Waals surface area contributed by atoms with Crippen LogP contribution in [0.25, 0.3) is 0 Å². The number of amides is 1. The van der Waals surface area contributed by atoms with Crippen LogP contribution in [0.15, 0.2) is 0 Å². The van der Waals surface area contributed by atoms with Crippen LogP contribution < -0.4 is 0 Å². The van der Waals surface area contributed by atoms with Crippen molar-refractivity contribution in [3.63, 3.8) is 0 Å². The zero-order chi connectivity index (χ0) is 9.84. The zero-order valence-corrected chi connectivity index (χ0v) is 8.92. The molecule has 76 valence electrons. The first kappa shape index (κ1) is 10.5. The SMILES string of the molecule is CCCN1CCC(N(C)C)CC1=O. The Kier molecular flexibility index (Phi) is 3.72. The molecule has 1 saturated heterocycles. The normalized spacial score (nSPS) is 24.2. The molecule has 0 aromatic rings. The lowest BCUT2D eigenvalue weighted by atomic mass is 10.0. The minimum absolute atomic E-state index is 0.326. The van der Waals surface area contributed by atoms with E-state index in [0.717, 1.165) is 25.9 Å². The highest BCUT2D eigenvalue weighted by Gasteiger charge is 2.25. The Hall–Kier alpha value is -0.570. The van der Waals surface area contributed by atoms with Crippen LogP contribution in [0, 0.1) is 0 Å². The lowest BCUT2D eigenvalue weighted by molar-refractivity contribution is -0.135. The Bertz CT molecular complexity index is 180. The van der Waals surface area contributed by atoms with E-state index in [1.165, 1.54) is 0 Å². The fourth-order valence-corrected chi connectivity index (χ4v) is 1.81. The Morgan fingerprint density at radius 1 is 1.54 bits per heavy atom. The van der Waals surface area contributed by atoms with Gasteiger partial charge >= 0.3 is 0 Å². The first-order valence-corrected chi connectivity index (χ1v) is 5.09. The van der Waals surface area contributed by atoms with Crippen molar-refractivity contribution >= 4 is 5.91 Å². The fourth-order valence-electron chi connectivity index (χ4n) is 1.81. The molecule has 0 radical (unpaired) electrons. The highest BCUT2D eigenvalue weighted by molar-refractivity contribution is 5.77. The molecule has 0 aromatic heterocycles. The van der Waals surface area contributed by atoms with Crippen LogP contribution in [0.3, 0.4) is 0 Å². The van der Waals surface area contributed by atoms with Gasteiger partial charge in [0.1, 0.15) is 0 Å². The molecule has 0 aromatic carbocycles. The van der Waals surface area contributed by atoms with E-state index in [9.17, 15) is 4.79 Å². The second kappa shape index (κ2) is 4.61. The average molecular weight is 184 g/mol. The minimum atomic E-state index is 0.326. The largest absolute Gasteiger partial charge is 0.343 e. The summed E-state index contributed by atoms with van der Waals surface area (Å²) in [4.78, 5) is 15.7. The Morgan fingerprint density at radius 2 is 2.23 bits per heavy atom.